The lowest BCUT2D eigenvalue weighted by atomic mass is 10.1. The van der Waals surface area contributed by atoms with Gasteiger partial charge in [-0.05, 0) is 24.1 Å². The maximum Gasteiger partial charge on any atom is 0.217 e. The highest BCUT2D eigenvalue weighted by atomic mass is 35.5. The normalized spacial score (nSPS) is 10.5. The SMILES string of the molecule is CCCc1cnc(OCc2ccccc2)cc1Oc1cc(Cl)cc(NC)c1. The lowest BCUT2D eigenvalue weighted by molar-refractivity contribution is 0.292. The van der Waals surface area contributed by atoms with Crippen LogP contribution in [0.2, 0.25) is 5.02 Å². The van der Waals surface area contributed by atoms with Crippen LogP contribution >= 0.6 is 11.6 Å². The molecule has 0 radical (unpaired) electrons. The summed E-state index contributed by atoms with van der Waals surface area (Å²) in [7, 11) is 1.85. The zero-order chi connectivity index (χ0) is 19.1. The van der Waals surface area contributed by atoms with Crippen molar-refractivity contribution >= 4 is 17.3 Å². The summed E-state index contributed by atoms with van der Waals surface area (Å²) >= 11 is 6.19. The number of ether oxygens (including phenoxy) is 2. The average Bonchev–Trinajstić information content (AvgIpc) is 2.68. The Labute approximate surface area is 165 Å². The number of pyridine rings is 1. The topological polar surface area (TPSA) is 43.4 Å². The Morgan fingerprint density at radius 3 is 2.63 bits per heavy atom. The van der Waals surface area contributed by atoms with Crippen molar-refractivity contribution in [2.45, 2.75) is 26.4 Å². The Morgan fingerprint density at radius 2 is 1.89 bits per heavy atom. The standard InChI is InChI=1S/C22H23ClN2O2/c1-3-7-17-14-25-22(26-15-16-8-5-4-6-9-16)13-21(17)27-20-11-18(23)10-19(12-20)24-2/h4-6,8-14,24H,3,7,15H2,1-2H3. The number of rotatable bonds is 8. The predicted molar refractivity (Wildman–Crippen MR) is 110 cm³/mol. The van der Waals surface area contributed by atoms with Gasteiger partial charge >= 0.3 is 0 Å². The Hall–Kier alpha value is -2.72. The van der Waals surface area contributed by atoms with Crippen molar-refractivity contribution in [3.05, 3.63) is 76.9 Å². The van der Waals surface area contributed by atoms with E-state index in [4.69, 9.17) is 21.1 Å². The molecule has 0 aliphatic rings. The maximum absolute atomic E-state index is 6.19. The van der Waals surface area contributed by atoms with Gasteiger partial charge in [0, 0.05) is 41.7 Å². The molecule has 0 atom stereocenters. The molecular formula is C22H23ClN2O2. The third-order valence-electron chi connectivity index (χ3n) is 4.06. The minimum atomic E-state index is 0.460. The van der Waals surface area contributed by atoms with Gasteiger partial charge in [0.25, 0.3) is 0 Å². The summed E-state index contributed by atoms with van der Waals surface area (Å²) in [5, 5.41) is 3.70. The molecule has 0 bridgehead atoms. The molecule has 0 amide bonds. The molecule has 0 aliphatic heterocycles. The van der Waals surface area contributed by atoms with Gasteiger partial charge < -0.3 is 14.8 Å². The van der Waals surface area contributed by atoms with Crippen LogP contribution in [0.3, 0.4) is 0 Å². The van der Waals surface area contributed by atoms with Crippen LogP contribution in [0.1, 0.15) is 24.5 Å². The highest BCUT2D eigenvalue weighted by Gasteiger charge is 2.10. The molecular weight excluding hydrogens is 360 g/mol. The van der Waals surface area contributed by atoms with Gasteiger partial charge in [0.05, 0.1) is 0 Å². The molecule has 1 aromatic heterocycles. The van der Waals surface area contributed by atoms with Gasteiger partial charge in [-0.25, -0.2) is 4.98 Å². The van der Waals surface area contributed by atoms with Crippen LogP contribution in [0, 0.1) is 0 Å². The summed E-state index contributed by atoms with van der Waals surface area (Å²) < 4.78 is 12.0. The van der Waals surface area contributed by atoms with Gasteiger partial charge in [0.1, 0.15) is 18.1 Å². The first kappa shape index (κ1) is 19.1. The third-order valence-corrected chi connectivity index (χ3v) is 4.27. The number of hydrogen-bond acceptors (Lipinski definition) is 4. The molecule has 0 unspecified atom stereocenters. The van der Waals surface area contributed by atoms with E-state index in [2.05, 4.69) is 17.2 Å². The number of nitrogens with zero attached hydrogens (tertiary/aromatic N) is 1. The van der Waals surface area contributed by atoms with E-state index in [0.29, 0.717) is 23.3 Å². The summed E-state index contributed by atoms with van der Waals surface area (Å²) in [6.07, 6.45) is 3.70. The highest BCUT2D eigenvalue weighted by molar-refractivity contribution is 6.31. The summed E-state index contributed by atoms with van der Waals surface area (Å²) in [6.45, 7) is 2.59. The lowest BCUT2D eigenvalue weighted by Crippen LogP contribution is -2.00. The van der Waals surface area contributed by atoms with Crippen molar-refractivity contribution in [1.29, 1.82) is 0 Å². The summed E-state index contributed by atoms with van der Waals surface area (Å²) in [4.78, 5) is 4.43. The van der Waals surface area contributed by atoms with Gasteiger partial charge in [-0.15, -0.1) is 0 Å². The fourth-order valence-electron chi connectivity index (χ4n) is 2.70. The van der Waals surface area contributed by atoms with E-state index in [1.165, 1.54) is 0 Å². The first-order valence-corrected chi connectivity index (χ1v) is 9.37. The van der Waals surface area contributed by atoms with Crippen molar-refractivity contribution in [3.63, 3.8) is 0 Å². The van der Waals surface area contributed by atoms with Crippen LogP contribution in [0.25, 0.3) is 0 Å². The van der Waals surface area contributed by atoms with Crippen molar-refractivity contribution in [2.75, 3.05) is 12.4 Å². The highest BCUT2D eigenvalue weighted by Crippen LogP contribution is 2.32. The quantitative estimate of drug-likeness (QED) is 0.511. The number of hydrogen-bond donors (Lipinski definition) is 1. The molecule has 2 aromatic carbocycles. The summed E-state index contributed by atoms with van der Waals surface area (Å²) in [6, 6.07) is 17.4. The Morgan fingerprint density at radius 1 is 1.07 bits per heavy atom. The van der Waals surface area contributed by atoms with Crippen LogP contribution in [-0.2, 0) is 13.0 Å². The fraction of sp³-hybridized carbons (Fsp3) is 0.227. The van der Waals surface area contributed by atoms with E-state index < -0.39 is 0 Å². The molecule has 1 heterocycles. The van der Waals surface area contributed by atoms with Crippen LogP contribution < -0.4 is 14.8 Å². The monoisotopic (exact) mass is 382 g/mol. The zero-order valence-corrected chi connectivity index (χ0v) is 16.3. The first-order chi connectivity index (χ1) is 13.2. The smallest absolute Gasteiger partial charge is 0.217 e. The minimum absolute atomic E-state index is 0.460. The Bertz CT molecular complexity index is 885. The Kier molecular flexibility index (Phi) is 6.55. The molecule has 0 saturated carbocycles. The molecule has 27 heavy (non-hydrogen) atoms. The number of aromatic nitrogens is 1. The van der Waals surface area contributed by atoms with Crippen molar-refractivity contribution < 1.29 is 9.47 Å². The second kappa shape index (κ2) is 9.28. The predicted octanol–water partition coefficient (Wildman–Crippen LogP) is 6.10. The third kappa shape index (κ3) is 5.38. The van der Waals surface area contributed by atoms with Crippen LogP contribution in [-0.4, -0.2) is 12.0 Å². The van der Waals surface area contributed by atoms with E-state index >= 15 is 0 Å². The average molecular weight is 383 g/mol. The summed E-state index contributed by atoms with van der Waals surface area (Å²) in [5.74, 6) is 1.94. The number of anilines is 1. The second-order valence-corrected chi connectivity index (χ2v) is 6.62. The fourth-order valence-corrected chi connectivity index (χ4v) is 2.93. The van der Waals surface area contributed by atoms with Gasteiger partial charge in [-0.1, -0.05) is 55.3 Å². The number of halogens is 1. The maximum atomic E-state index is 6.19. The van der Waals surface area contributed by atoms with Gasteiger partial charge in [-0.3, -0.25) is 0 Å². The van der Waals surface area contributed by atoms with E-state index in [-0.39, 0.29) is 0 Å². The molecule has 0 fully saturated rings. The number of nitrogens with one attached hydrogen (secondary N) is 1. The first-order valence-electron chi connectivity index (χ1n) is 8.99. The zero-order valence-electron chi connectivity index (χ0n) is 15.5. The van der Waals surface area contributed by atoms with Gasteiger partial charge in [-0.2, -0.15) is 0 Å². The lowest BCUT2D eigenvalue weighted by Gasteiger charge is -2.14. The molecule has 5 heteroatoms. The van der Waals surface area contributed by atoms with E-state index in [1.54, 1.807) is 6.07 Å². The molecule has 4 nitrogen and oxygen atoms in total. The molecule has 1 N–H and O–H groups in total. The number of benzene rings is 2. The van der Waals surface area contributed by atoms with Crippen molar-refractivity contribution in [3.8, 4) is 17.4 Å². The molecule has 3 aromatic rings. The number of aryl methyl sites for hydroxylation is 1. The van der Waals surface area contributed by atoms with Crippen molar-refractivity contribution in [1.82, 2.24) is 4.98 Å². The van der Waals surface area contributed by atoms with Crippen LogP contribution in [0.4, 0.5) is 5.69 Å². The molecule has 140 valence electrons. The van der Waals surface area contributed by atoms with Gasteiger partial charge in [0.2, 0.25) is 5.88 Å². The van der Waals surface area contributed by atoms with Crippen LogP contribution in [0.15, 0.2) is 60.8 Å². The van der Waals surface area contributed by atoms with E-state index in [0.717, 1.165) is 35.4 Å². The second-order valence-electron chi connectivity index (χ2n) is 6.18. The van der Waals surface area contributed by atoms with Gasteiger partial charge in [0.15, 0.2) is 0 Å². The van der Waals surface area contributed by atoms with E-state index in [9.17, 15) is 0 Å². The van der Waals surface area contributed by atoms with E-state index in [1.807, 2.05) is 61.8 Å². The molecule has 0 aliphatic carbocycles. The summed E-state index contributed by atoms with van der Waals surface area (Å²) in [5.41, 5.74) is 3.02. The molecule has 0 saturated heterocycles. The molecule has 0 spiro atoms. The van der Waals surface area contributed by atoms with Crippen molar-refractivity contribution in [2.24, 2.45) is 0 Å². The molecule has 3 rings (SSSR count). The Balaban J connectivity index is 1.82. The largest absolute Gasteiger partial charge is 0.473 e. The van der Waals surface area contributed by atoms with Crippen LogP contribution in [0.5, 0.6) is 17.4 Å². The minimum Gasteiger partial charge on any atom is -0.473 e.